The van der Waals surface area contributed by atoms with E-state index in [2.05, 4.69) is 37.4 Å². The number of fused-ring (bicyclic) bond motifs is 2. The highest BCUT2D eigenvalue weighted by molar-refractivity contribution is 7.15. The van der Waals surface area contributed by atoms with Crippen molar-refractivity contribution in [2.45, 2.75) is 44.6 Å². The number of nitrogens with zero attached hydrogens (tertiary/aromatic N) is 4. The summed E-state index contributed by atoms with van der Waals surface area (Å²) in [5.74, 6) is 0.295. The Hall–Kier alpha value is -4.05. The van der Waals surface area contributed by atoms with Gasteiger partial charge >= 0.3 is 0 Å². The largest absolute Gasteiger partial charge is 0.370 e. The quantitative estimate of drug-likeness (QED) is 0.234. The van der Waals surface area contributed by atoms with Crippen LogP contribution >= 0.6 is 11.3 Å². The Balaban J connectivity index is 1.30. The van der Waals surface area contributed by atoms with Gasteiger partial charge in [-0.05, 0) is 30.4 Å². The van der Waals surface area contributed by atoms with Crippen LogP contribution in [0.4, 0.5) is 0 Å². The van der Waals surface area contributed by atoms with Crippen molar-refractivity contribution in [3.05, 3.63) is 72.1 Å². The van der Waals surface area contributed by atoms with Crippen LogP contribution in [0, 0.1) is 0 Å². The number of primary amides is 1. The van der Waals surface area contributed by atoms with Crippen LogP contribution in [0.1, 0.15) is 49.7 Å². The van der Waals surface area contributed by atoms with E-state index in [1.165, 1.54) is 11.3 Å². The number of thiazole rings is 1. The van der Waals surface area contributed by atoms with Crippen LogP contribution in [0.25, 0.3) is 27.0 Å². The molecule has 1 atom stereocenters. The number of carbonyl (C=O) groups is 2. The second-order valence-electron chi connectivity index (χ2n) is 8.81. The number of rotatable bonds is 11. The molecule has 10 heteroatoms. The molecule has 36 heavy (non-hydrogen) atoms. The van der Waals surface area contributed by atoms with Gasteiger partial charge in [-0.1, -0.05) is 25.0 Å². The number of nitrogens with two attached hydrogens (primary N) is 1. The minimum Gasteiger partial charge on any atom is -0.370 e. The Kier molecular flexibility index (Phi) is 7.03. The predicted octanol–water partition coefficient (Wildman–Crippen LogP) is 4.17. The van der Waals surface area contributed by atoms with Crippen LogP contribution in [0.2, 0.25) is 0 Å². The van der Waals surface area contributed by atoms with Crippen molar-refractivity contribution in [2.24, 2.45) is 5.73 Å². The zero-order valence-electron chi connectivity index (χ0n) is 19.7. The van der Waals surface area contributed by atoms with Gasteiger partial charge in [0.2, 0.25) is 11.8 Å². The van der Waals surface area contributed by atoms with Gasteiger partial charge in [-0.2, -0.15) is 0 Å². The van der Waals surface area contributed by atoms with Crippen molar-refractivity contribution in [3.8, 4) is 11.3 Å². The topological polar surface area (TPSA) is 131 Å². The van der Waals surface area contributed by atoms with Crippen molar-refractivity contribution in [3.63, 3.8) is 0 Å². The molecule has 0 aliphatic rings. The zero-order chi connectivity index (χ0) is 24.9. The van der Waals surface area contributed by atoms with E-state index >= 15 is 0 Å². The SMILES string of the molecule is NC(=O)CCCCC[C@H](NC(=O)Cc1cn2ccsc2n1)c1ncc(-c2ccc3ccncc3c2)[nH]1. The van der Waals surface area contributed by atoms with Gasteiger partial charge in [-0.3, -0.25) is 19.0 Å². The number of carbonyl (C=O) groups excluding carboxylic acids is 2. The number of amides is 2. The monoisotopic (exact) mass is 501 g/mol. The highest BCUT2D eigenvalue weighted by Crippen LogP contribution is 2.25. The van der Waals surface area contributed by atoms with Crippen LogP contribution in [0.15, 0.2) is 60.6 Å². The molecule has 5 aromatic rings. The first-order valence-corrected chi connectivity index (χ1v) is 12.8. The fourth-order valence-electron chi connectivity index (χ4n) is 4.29. The third-order valence-electron chi connectivity index (χ3n) is 6.11. The predicted molar refractivity (Wildman–Crippen MR) is 139 cm³/mol. The van der Waals surface area contributed by atoms with E-state index in [0.29, 0.717) is 18.7 Å². The minimum absolute atomic E-state index is 0.113. The maximum Gasteiger partial charge on any atom is 0.226 e. The molecule has 4 aromatic heterocycles. The average molecular weight is 502 g/mol. The third kappa shape index (κ3) is 5.60. The molecular weight excluding hydrogens is 474 g/mol. The van der Waals surface area contributed by atoms with Gasteiger partial charge in [0, 0.05) is 47.5 Å². The van der Waals surface area contributed by atoms with Gasteiger partial charge in [-0.15, -0.1) is 11.3 Å². The number of benzene rings is 1. The molecule has 5 rings (SSSR count). The molecule has 0 aliphatic carbocycles. The first kappa shape index (κ1) is 23.7. The molecular formula is C26H27N7O2S. The van der Waals surface area contributed by atoms with Gasteiger partial charge in [0.1, 0.15) is 5.82 Å². The molecule has 0 bridgehead atoms. The summed E-state index contributed by atoms with van der Waals surface area (Å²) < 4.78 is 1.92. The Morgan fingerprint density at radius 1 is 1.14 bits per heavy atom. The summed E-state index contributed by atoms with van der Waals surface area (Å²) in [6.07, 6.45) is 12.9. The van der Waals surface area contributed by atoms with E-state index in [1.807, 2.05) is 40.5 Å². The molecule has 0 saturated heterocycles. The number of pyridine rings is 1. The highest BCUT2D eigenvalue weighted by Gasteiger charge is 2.19. The highest BCUT2D eigenvalue weighted by atomic mass is 32.1. The number of hydrogen-bond donors (Lipinski definition) is 3. The van der Waals surface area contributed by atoms with Gasteiger partial charge in [0.15, 0.2) is 4.96 Å². The van der Waals surface area contributed by atoms with Crippen LogP contribution in [-0.4, -0.2) is 36.2 Å². The summed E-state index contributed by atoms with van der Waals surface area (Å²) in [5.41, 5.74) is 7.85. The Labute approximate surface area is 211 Å². The van der Waals surface area contributed by atoms with Gasteiger partial charge < -0.3 is 16.0 Å². The molecule has 0 radical (unpaired) electrons. The van der Waals surface area contributed by atoms with Crippen molar-refractivity contribution in [2.75, 3.05) is 0 Å². The molecule has 184 valence electrons. The molecule has 0 unspecified atom stereocenters. The fourth-order valence-corrected chi connectivity index (χ4v) is 5.00. The lowest BCUT2D eigenvalue weighted by atomic mass is 10.1. The number of imidazole rings is 2. The molecule has 0 spiro atoms. The molecule has 0 fully saturated rings. The number of unbranched alkanes of at least 4 members (excludes halogenated alkanes) is 2. The summed E-state index contributed by atoms with van der Waals surface area (Å²) >= 11 is 1.53. The molecule has 1 aromatic carbocycles. The van der Waals surface area contributed by atoms with Crippen LogP contribution in [0.5, 0.6) is 0 Å². The first-order chi connectivity index (χ1) is 17.5. The Morgan fingerprint density at radius 3 is 2.92 bits per heavy atom. The molecule has 4 N–H and O–H groups in total. The zero-order valence-corrected chi connectivity index (χ0v) is 20.5. The van der Waals surface area contributed by atoms with Crippen molar-refractivity contribution < 1.29 is 9.59 Å². The van der Waals surface area contributed by atoms with E-state index in [4.69, 9.17) is 5.73 Å². The van der Waals surface area contributed by atoms with Crippen molar-refractivity contribution in [1.82, 2.24) is 29.7 Å². The van der Waals surface area contributed by atoms with Crippen molar-refractivity contribution in [1.29, 1.82) is 0 Å². The standard InChI is InChI=1S/C26H27N7O2S/c27-23(34)5-3-1-2-4-21(31-24(35)13-20-16-33-10-11-36-26(33)30-20)25-29-15-22(32-25)18-7-6-17-8-9-28-14-19(17)12-18/h6-12,14-16,21H,1-5,13H2,(H2,27,34)(H,29,32)(H,31,35)/t21-/m0/s1. The van der Waals surface area contributed by atoms with Gasteiger partial charge in [0.05, 0.1) is 30.0 Å². The summed E-state index contributed by atoms with van der Waals surface area (Å²) in [6, 6.07) is 7.86. The number of nitrogens with one attached hydrogen (secondary N) is 2. The molecule has 9 nitrogen and oxygen atoms in total. The third-order valence-corrected chi connectivity index (χ3v) is 6.88. The van der Waals surface area contributed by atoms with Crippen LogP contribution < -0.4 is 11.1 Å². The Bertz CT molecular complexity index is 1470. The summed E-state index contributed by atoms with van der Waals surface area (Å²) in [7, 11) is 0. The van der Waals surface area contributed by atoms with Crippen LogP contribution in [0.3, 0.4) is 0 Å². The normalized spacial score (nSPS) is 12.2. The summed E-state index contributed by atoms with van der Waals surface area (Å²) in [4.78, 5) is 41.6. The maximum absolute atomic E-state index is 12.9. The lowest BCUT2D eigenvalue weighted by Gasteiger charge is -2.16. The van der Waals surface area contributed by atoms with E-state index in [9.17, 15) is 9.59 Å². The Morgan fingerprint density at radius 2 is 2.06 bits per heavy atom. The second-order valence-corrected chi connectivity index (χ2v) is 9.68. The first-order valence-electron chi connectivity index (χ1n) is 11.9. The molecule has 0 aliphatic heterocycles. The molecule has 0 saturated carbocycles. The average Bonchev–Trinajstić information content (AvgIpc) is 3.59. The van der Waals surface area contributed by atoms with E-state index in [1.54, 1.807) is 12.4 Å². The second kappa shape index (κ2) is 10.7. The number of H-pyrrole nitrogens is 1. The van der Waals surface area contributed by atoms with Crippen LogP contribution in [-0.2, 0) is 16.0 Å². The summed E-state index contributed by atoms with van der Waals surface area (Å²) in [5, 5.41) is 7.26. The molecule has 2 amide bonds. The number of hydrogen-bond acceptors (Lipinski definition) is 6. The van der Waals surface area contributed by atoms with E-state index in [0.717, 1.165) is 51.9 Å². The fraction of sp³-hybridized carbons (Fsp3) is 0.269. The number of aromatic nitrogens is 5. The lowest BCUT2D eigenvalue weighted by Crippen LogP contribution is -2.30. The van der Waals surface area contributed by atoms with E-state index in [-0.39, 0.29) is 24.3 Å². The smallest absolute Gasteiger partial charge is 0.226 e. The summed E-state index contributed by atoms with van der Waals surface area (Å²) in [6.45, 7) is 0. The van der Waals surface area contributed by atoms with Gasteiger partial charge in [-0.25, -0.2) is 9.97 Å². The molecule has 4 heterocycles. The lowest BCUT2D eigenvalue weighted by molar-refractivity contribution is -0.121. The number of aromatic amines is 1. The van der Waals surface area contributed by atoms with Gasteiger partial charge in [0.25, 0.3) is 0 Å². The van der Waals surface area contributed by atoms with Crippen molar-refractivity contribution >= 4 is 38.9 Å². The minimum atomic E-state index is -0.291. The van der Waals surface area contributed by atoms with E-state index < -0.39 is 0 Å². The maximum atomic E-state index is 12.9.